The van der Waals surface area contributed by atoms with Crippen molar-refractivity contribution in [3.8, 4) is 0 Å². The highest BCUT2D eigenvalue weighted by atomic mass is 32.2. The summed E-state index contributed by atoms with van der Waals surface area (Å²) in [6, 6.07) is 11.5. The average molecular weight is 383 g/mol. The van der Waals surface area contributed by atoms with Crippen molar-refractivity contribution in [2.75, 3.05) is 6.54 Å². The summed E-state index contributed by atoms with van der Waals surface area (Å²) in [6.07, 6.45) is 0. The van der Waals surface area contributed by atoms with Gasteiger partial charge in [-0.25, -0.2) is 21.9 Å². The molecule has 0 fully saturated rings. The number of sulfonamides is 1. The molecule has 8 heteroatoms. The van der Waals surface area contributed by atoms with Crippen LogP contribution < -0.4 is 4.72 Å². The summed E-state index contributed by atoms with van der Waals surface area (Å²) >= 11 is 1.34. The smallest absolute Gasteiger partial charge is 0.243 e. The zero-order chi connectivity index (χ0) is 18.2. The zero-order valence-electron chi connectivity index (χ0n) is 13.2. The van der Waals surface area contributed by atoms with E-state index in [1.165, 1.54) is 18.3 Å². The lowest BCUT2D eigenvalue weighted by Crippen LogP contribution is -2.38. The molecule has 0 aliphatic carbocycles. The first-order chi connectivity index (χ1) is 11.7. The van der Waals surface area contributed by atoms with Crippen LogP contribution in [0.1, 0.15) is 11.8 Å². The Labute approximate surface area is 147 Å². The first kappa shape index (κ1) is 17.9. The van der Waals surface area contributed by atoms with E-state index in [1.54, 1.807) is 6.07 Å². The minimum absolute atomic E-state index is 0.377. The highest BCUT2D eigenvalue weighted by Gasteiger charge is 2.29. The summed E-state index contributed by atoms with van der Waals surface area (Å²) in [7, 11) is -4.31. The maximum atomic E-state index is 13.7. The lowest BCUT2D eigenvalue weighted by atomic mass is 10.1. The van der Waals surface area contributed by atoms with Gasteiger partial charge in [-0.1, -0.05) is 18.2 Å². The average Bonchev–Trinajstić information content (AvgIpc) is 3.00. The van der Waals surface area contributed by atoms with E-state index in [-0.39, 0.29) is 6.54 Å². The molecule has 0 saturated heterocycles. The lowest BCUT2D eigenvalue weighted by molar-refractivity contribution is 0.0666. The molecule has 0 saturated carbocycles. The van der Waals surface area contributed by atoms with E-state index in [1.807, 2.05) is 24.3 Å². The Hall–Kier alpha value is -1.87. The summed E-state index contributed by atoms with van der Waals surface area (Å²) in [4.78, 5) is -0.226. The number of thiophene rings is 1. The number of hydrogen-bond donors (Lipinski definition) is 2. The standard InChI is InChI=1S/C17H15F2NO3S2/c1-17(21,16-8-11-4-2-3-5-14(11)24-16)10-20-25(22,23)15-9-12(18)6-7-13(15)19/h2-9,20-21H,10H2,1H3. The molecule has 2 aromatic carbocycles. The Bertz CT molecular complexity index is 996. The molecule has 0 bridgehead atoms. The van der Waals surface area contributed by atoms with Gasteiger partial charge >= 0.3 is 0 Å². The van der Waals surface area contributed by atoms with Crippen LogP contribution >= 0.6 is 11.3 Å². The van der Waals surface area contributed by atoms with Gasteiger partial charge in [0.05, 0.1) is 0 Å². The maximum Gasteiger partial charge on any atom is 0.243 e. The van der Waals surface area contributed by atoms with Gasteiger partial charge in [-0.15, -0.1) is 11.3 Å². The zero-order valence-corrected chi connectivity index (χ0v) is 14.8. The second kappa shape index (κ2) is 6.45. The largest absolute Gasteiger partial charge is 0.383 e. The van der Waals surface area contributed by atoms with Crippen molar-refractivity contribution in [3.63, 3.8) is 0 Å². The van der Waals surface area contributed by atoms with Crippen molar-refractivity contribution < 1.29 is 22.3 Å². The van der Waals surface area contributed by atoms with Gasteiger partial charge in [0.2, 0.25) is 10.0 Å². The van der Waals surface area contributed by atoms with E-state index in [9.17, 15) is 22.3 Å². The highest BCUT2D eigenvalue weighted by molar-refractivity contribution is 7.89. The first-order valence-electron chi connectivity index (χ1n) is 7.35. The molecule has 25 heavy (non-hydrogen) atoms. The summed E-state index contributed by atoms with van der Waals surface area (Å²) in [5, 5.41) is 11.6. The maximum absolute atomic E-state index is 13.7. The molecule has 1 atom stereocenters. The van der Waals surface area contributed by atoms with Gasteiger partial charge in [0, 0.05) is 16.1 Å². The molecule has 0 aliphatic heterocycles. The van der Waals surface area contributed by atoms with E-state index in [0.717, 1.165) is 22.2 Å². The van der Waals surface area contributed by atoms with Crippen molar-refractivity contribution in [2.24, 2.45) is 0 Å². The molecule has 3 rings (SSSR count). The number of aliphatic hydroxyl groups is 1. The third-order valence-electron chi connectivity index (χ3n) is 3.75. The normalized spacial score (nSPS) is 14.6. The summed E-state index contributed by atoms with van der Waals surface area (Å²) in [6.45, 7) is 1.08. The van der Waals surface area contributed by atoms with Crippen LogP contribution in [0.4, 0.5) is 8.78 Å². The fourth-order valence-electron chi connectivity index (χ4n) is 2.33. The SMILES string of the molecule is CC(O)(CNS(=O)(=O)c1cc(F)ccc1F)c1cc2ccccc2s1. The van der Waals surface area contributed by atoms with Gasteiger partial charge < -0.3 is 5.11 Å². The summed E-state index contributed by atoms with van der Waals surface area (Å²) in [5.74, 6) is -1.92. The molecule has 0 radical (unpaired) electrons. The molecule has 0 spiro atoms. The predicted octanol–water partition coefficient (Wildman–Crippen LogP) is 3.37. The monoisotopic (exact) mass is 383 g/mol. The van der Waals surface area contributed by atoms with E-state index >= 15 is 0 Å². The summed E-state index contributed by atoms with van der Waals surface area (Å²) in [5.41, 5.74) is -1.50. The van der Waals surface area contributed by atoms with Crippen molar-refractivity contribution in [3.05, 3.63) is 65.0 Å². The Morgan fingerprint density at radius 2 is 1.88 bits per heavy atom. The van der Waals surface area contributed by atoms with E-state index in [4.69, 9.17) is 0 Å². The quantitative estimate of drug-likeness (QED) is 0.710. The second-order valence-electron chi connectivity index (χ2n) is 5.82. The van der Waals surface area contributed by atoms with Crippen LogP contribution in [0, 0.1) is 11.6 Å². The first-order valence-corrected chi connectivity index (χ1v) is 9.65. The number of rotatable bonds is 5. The third kappa shape index (κ3) is 3.72. The van der Waals surface area contributed by atoms with Crippen molar-refractivity contribution in [2.45, 2.75) is 17.4 Å². The lowest BCUT2D eigenvalue weighted by Gasteiger charge is -2.22. The van der Waals surface area contributed by atoms with Crippen LogP contribution in [0.3, 0.4) is 0 Å². The molecule has 1 unspecified atom stereocenters. The van der Waals surface area contributed by atoms with Crippen LogP contribution in [-0.2, 0) is 15.6 Å². The number of hydrogen-bond acceptors (Lipinski definition) is 4. The Morgan fingerprint density at radius 1 is 1.16 bits per heavy atom. The number of halogens is 2. The molecule has 0 amide bonds. The van der Waals surface area contributed by atoms with E-state index in [0.29, 0.717) is 10.9 Å². The predicted molar refractivity (Wildman–Crippen MR) is 92.9 cm³/mol. The second-order valence-corrected chi connectivity index (χ2v) is 8.64. The number of nitrogens with one attached hydrogen (secondary N) is 1. The molecule has 1 heterocycles. The van der Waals surface area contributed by atoms with Crippen LogP contribution in [0.15, 0.2) is 53.4 Å². The van der Waals surface area contributed by atoms with Gasteiger partial charge in [0.15, 0.2) is 0 Å². The van der Waals surface area contributed by atoms with Crippen LogP contribution in [0.2, 0.25) is 0 Å². The minimum atomic E-state index is -4.31. The molecule has 0 aliphatic rings. The molecular formula is C17H15F2NO3S2. The number of benzene rings is 2. The van der Waals surface area contributed by atoms with E-state index in [2.05, 4.69) is 4.72 Å². The molecular weight excluding hydrogens is 368 g/mol. The topological polar surface area (TPSA) is 66.4 Å². The fourth-order valence-corrected chi connectivity index (χ4v) is 4.66. The van der Waals surface area contributed by atoms with Gasteiger partial charge in [0.1, 0.15) is 22.1 Å². The van der Waals surface area contributed by atoms with Gasteiger partial charge in [-0.2, -0.15) is 0 Å². The molecule has 3 aromatic rings. The minimum Gasteiger partial charge on any atom is -0.383 e. The van der Waals surface area contributed by atoms with Gasteiger partial charge in [-0.05, 0) is 42.6 Å². The Morgan fingerprint density at radius 3 is 2.60 bits per heavy atom. The highest BCUT2D eigenvalue weighted by Crippen LogP contribution is 2.33. The number of fused-ring (bicyclic) bond motifs is 1. The molecule has 1 aromatic heterocycles. The Kier molecular flexibility index (Phi) is 4.63. The van der Waals surface area contributed by atoms with Gasteiger partial charge in [0.25, 0.3) is 0 Å². The van der Waals surface area contributed by atoms with Crippen molar-refractivity contribution in [1.82, 2.24) is 4.72 Å². The molecule has 132 valence electrons. The van der Waals surface area contributed by atoms with Crippen molar-refractivity contribution in [1.29, 1.82) is 0 Å². The van der Waals surface area contributed by atoms with Crippen LogP contribution in [-0.4, -0.2) is 20.1 Å². The summed E-state index contributed by atoms with van der Waals surface area (Å²) < 4.78 is 54.5. The van der Waals surface area contributed by atoms with Crippen LogP contribution in [0.25, 0.3) is 10.1 Å². The van der Waals surface area contributed by atoms with Gasteiger partial charge in [-0.3, -0.25) is 0 Å². The molecule has 4 nitrogen and oxygen atoms in total. The third-order valence-corrected chi connectivity index (χ3v) is 6.53. The van der Waals surface area contributed by atoms with E-state index < -0.39 is 32.2 Å². The van der Waals surface area contributed by atoms with Crippen LogP contribution in [0.5, 0.6) is 0 Å². The van der Waals surface area contributed by atoms with Crippen molar-refractivity contribution >= 4 is 31.4 Å². The Balaban J connectivity index is 1.84. The molecule has 2 N–H and O–H groups in total. The fraction of sp³-hybridized carbons (Fsp3) is 0.176.